The third kappa shape index (κ3) is 7.80. The van der Waals surface area contributed by atoms with E-state index in [4.69, 9.17) is 9.47 Å². The number of carbonyl (C=O) groups excluding carboxylic acids is 1. The Morgan fingerprint density at radius 3 is 2.57 bits per heavy atom. The highest BCUT2D eigenvalue weighted by Gasteiger charge is 2.11. The Hall–Kier alpha value is -1.43. The average Bonchev–Trinajstić information content (AvgIpc) is 2.48. The molecule has 5 heteroatoms. The fraction of sp³-hybridized carbons (Fsp3) is 0.562. The topological polar surface area (TPSA) is 59.6 Å². The molecular weight excluding hydrogens is 268 g/mol. The maximum atomic E-state index is 12.0. The van der Waals surface area contributed by atoms with Gasteiger partial charge in [0.1, 0.15) is 0 Å². The number of ether oxygens (including phenoxy) is 2. The second-order valence-electron chi connectivity index (χ2n) is 4.99. The maximum Gasteiger partial charge on any atom is 0.241 e. The van der Waals surface area contributed by atoms with Crippen LogP contribution in [0.4, 0.5) is 5.69 Å². The highest BCUT2D eigenvalue weighted by molar-refractivity contribution is 5.94. The molecule has 0 aliphatic carbocycles. The highest BCUT2D eigenvalue weighted by atomic mass is 16.5. The fourth-order valence-corrected chi connectivity index (χ4v) is 1.72. The minimum absolute atomic E-state index is 0.0286. The molecule has 0 aliphatic rings. The van der Waals surface area contributed by atoms with Crippen molar-refractivity contribution in [3.8, 4) is 0 Å². The third-order valence-corrected chi connectivity index (χ3v) is 3.06. The molecule has 5 nitrogen and oxygen atoms in total. The van der Waals surface area contributed by atoms with Crippen LogP contribution in [0.3, 0.4) is 0 Å². The molecule has 0 aliphatic heterocycles. The highest BCUT2D eigenvalue weighted by Crippen LogP contribution is 2.08. The molecule has 0 aromatic heterocycles. The van der Waals surface area contributed by atoms with E-state index in [2.05, 4.69) is 10.6 Å². The number of amides is 1. The number of hydrogen-bond acceptors (Lipinski definition) is 4. The maximum absolute atomic E-state index is 12.0. The molecule has 1 aromatic carbocycles. The molecule has 1 aromatic rings. The van der Waals surface area contributed by atoms with Gasteiger partial charge in [-0.25, -0.2) is 0 Å². The van der Waals surface area contributed by atoms with Crippen molar-refractivity contribution in [3.05, 3.63) is 29.8 Å². The van der Waals surface area contributed by atoms with Crippen molar-refractivity contribution in [2.75, 3.05) is 38.8 Å². The number of methoxy groups -OCH3 is 1. The number of hydrogen-bond donors (Lipinski definition) is 2. The first kappa shape index (κ1) is 17.6. The summed E-state index contributed by atoms with van der Waals surface area (Å²) < 4.78 is 10.2. The van der Waals surface area contributed by atoms with Gasteiger partial charge in [0.25, 0.3) is 0 Å². The monoisotopic (exact) mass is 294 g/mol. The SMILES string of the molecule is COCCOCCCNC(C)C(=O)Nc1ccc(C)cc1. The number of benzene rings is 1. The summed E-state index contributed by atoms with van der Waals surface area (Å²) in [7, 11) is 1.65. The molecular formula is C16H26N2O3. The first-order chi connectivity index (χ1) is 10.1. The summed E-state index contributed by atoms with van der Waals surface area (Å²) in [5.74, 6) is -0.0286. The predicted octanol–water partition coefficient (Wildman–Crippen LogP) is 1.96. The van der Waals surface area contributed by atoms with E-state index in [1.165, 1.54) is 5.56 Å². The van der Waals surface area contributed by atoms with Gasteiger partial charge in [-0.3, -0.25) is 4.79 Å². The molecule has 1 unspecified atom stereocenters. The van der Waals surface area contributed by atoms with E-state index in [0.29, 0.717) is 19.8 Å². The number of aryl methyl sites for hydroxylation is 1. The van der Waals surface area contributed by atoms with Crippen molar-refractivity contribution in [1.29, 1.82) is 0 Å². The van der Waals surface area contributed by atoms with Crippen LogP contribution in [-0.2, 0) is 14.3 Å². The lowest BCUT2D eigenvalue weighted by atomic mass is 10.2. The molecule has 0 radical (unpaired) electrons. The first-order valence-electron chi connectivity index (χ1n) is 7.31. The van der Waals surface area contributed by atoms with Gasteiger partial charge in [0.15, 0.2) is 0 Å². The molecule has 1 atom stereocenters. The Bertz CT molecular complexity index is 406. The predicted molar refractivity (Wildman–Crippen MR) is 84.6 cm³/mol. The van der Waals surface area contributed by atoms with Crippen LogP contribution in [0.1, 0.15) is 18.9 Å². The Morgan fingerprint density at radius 1 is 1.19 bits per heavy atom. The van der Waals surface area contributed by atoms with Crippen LogP contribution < -0.4 is 10.6 Å². The van der Waals surface area contributed by atoms with Crippen molar-refractivity contribution in [1.82, 2.24) is 5.32 Å². The molecule has 21 heavy (non-hydrogen) atoms. The zero-order chi connectivity index (χ0) is 15.5. The fourth-order valence-electron chi connectivity index (χ4n) is 1.72. The van der Waals surface area contributed by atoms with E-state index in [0.717, 1.165) is 18.7 Å². The summed E-state index contributed by atoms with van der Waals surface area (Å²) in [6.07, 6.45) is 0.867. The minimum atomic E-state index is -0.231. The Labute approximate surface area is 127 Å². The first-order valence-corrected chi connectivity index (χ1v) is 7.31. The van der Waals surface area contributed by atoms with Gasteiger partial charge in [0, 0.05) is 19.4 Å². The van der Waals surface area contributed by atoms with Crippen molar-refractivity contribution in [2.24, 2.45) is 0 Å². The van der Waals surface area contributed by atoms with Crippen molar-refractivity contribution >= 4 is 11.6 Å². The van der Waals surface area contributed by atoms with Crippen molar-refractivity contribution < 1.29 is 14.3 Å². The van der Waals surface area contributed by atoms with Crippen LogP contribution in [-0.4, -0.2) is 45.4 Å². The lowest BCUT2D eigenvalue weighted by molar-refractivity contribution is -0.117. The molecule has 2 N–H and O–H groups in total. The van der Waals surface area contributed by atoms with Crippen molar-refractivity contribution in [3.63, 3.8) is 0 Å². The van der Waals surface area contributed by atoms with E-state index in [9.17, 15) is 4.79 Å². The Morgan fingerprint density at radius 2 is 1.90 bits per heavy atom. The van der Waals surface area contributed by atoms with Gasteiger partial charge < -0.3 is 20.1 Å². The lowest BCUT2D eigenvalue weighted by Gasteiger charge is -2.14. The second kappa shape index (κ2) is 10.3. The van der Waals surface area contributed by atoms with E-state index in [1.807, 2.05) is 38.1 Å². The summed E-state index contributed by atoms with van der Waals surface area (Å²) in [5, 5.41) is 6.07. The standard InChI is InChI=1S/C16H26N2O3/c1-13-5-7-15(8-6-13)18-16(19)14(2)17-9-4-10-21-12-11-20-3/h5-8,14,17H,4,9-12H2,1-3H3,(H,18,19). The largest absolute Gasteiger partial charge is 0.382 e. The van der Waals surface area contributed by atoms with Crippen LogP contribution in [0.2, 0.25) is 0 Å². The summed E-state index contributed by atoms with van der Waals surface area (Å²) in [6, 6.07) is 7.54. The quantitative estimate of drug-likeness (QED) is 0.648. The van der Waals surface area contributed by atoms with Crippen LogP contribution in [0.5, 0.6) is 0 Å². The van der Waals surface area contributed by atoms with Gasteiger partial charge in [0.2, 0.25) is 5.91 Å². The van der Waals surface area contributed by atoms with Gasteiger partial charge in [-0.2, -0.15) is 0 Å². The van der Waals surface area contributed by atoms with E-state index in [1.54, 1.807) is 7.11 Å². The molecule has 0 heterocycles. The number of nitrogens with one attached hydrogen (secondary N) is 2. The summed E-state index contributed by atoms with van der Waals surface area (Å²) in [5.41, 5.74) is 2.00. The minimum Gasteiger partial charge on any atom is -0.382 e. The van der Waals surface area contributed by atoms with Gasteiger partial charge >= 0.3 is 0 Å². The Kier molecular flexibility index (Phi) is 8.66. The zero-order valence-electron chi connectivity index (χ0n) is 13.1. The van der Waals surface area contributed by atoms with E-state index in [-0.39, 0.29) is 11.9 Å². The van der Waals surface area contributed by atoms with E-state index < -0.39 is 0 Å². The average molecular weight is 294 g/mol. The summed E-state index contributed by atoms with van der Waals surface area (Å²) in [6.45, 7) is 6.51. The third-order valence-electron chi connectivity index (χ3n) is 3.06. The molecule has 1 amide bonds. The van der Waals surface area contributed by atoms with Gasteiger partial charge in [-0.05, 0) is 38.9 Å². The van der Waals surface area contributed by atoms with Crippen LogP contribution in [0.15, 0.2) is 24.3 Å². The summed E-state index contributed by atoms with van der Waals surface area (Å²) in [4.78, 5) is 12.0. The molecule has 0 saturated carbocycles. The molecule has 0 saturated heterocycles. The molecule has 0 fully saturated rings. The van der Waals surface area contributed by atoms with Gasteiger partial charge in [-0.1, -0.05) is 17.7 Å². The lowest BCUT2D eigenvalue weighted by Crippen LogP contribution is -2.38. The molecule has 0 bridgehead atoms. The van der Waals surface area contributed by atoms with Crippen LogP contribution in [0.25, 0.3) is 0 Å². The number of carbonyl (C=O) groups is 1. The summed E-state index contributed by atoms with van der Waals surface area (Å²) >= 11 is 0. The van der Waals surface area contributed by atoms with Crippen LogP contribution in [0, 0.1) is 6.92 Å². The van der Waals surface area contributed by atoms with Gasteiger partial charge in [0.05, 0.1) is 19.3 Å². The van der Waals surface area contributed by atoms with E-state index >= 15 is 0 Å². The van der Waals surface area contributed by atoms with Crippen LogP contribution >= 0.6 is 0 Å². The Balaban J connectivity index is 2.15. The second-order valence-corrected chi connectivity index (χ2v) is 4.99. The normalized spacial score (nSPS) is 12.1. The number of rotatable bonds is 10. The molecule has 118 valence electrons. The molecule has 1 rings (SSSR count). The number of anilines is 1. The van der Waals surface area contributed by atoms with Crippen molar-refractivity contribution in [2.45, 2.75) is 26.3 Å². The molecule has 0 spiro atoms. The smallest absolute Gasteiger partial charge is 0.241 e. The zero-order valence-corrected chi connectivity index (χ0v) is 13.1. The van der Waals surface area contributed by atoms with Gasteiger partial charge in [-0.15, -0.1) is 0 Å².